The van der Waals surface area contributed by atoms with Crippen LogP contribution >= 0.6 is 11.3 Å². The number of piperidine rings is 1. The van der Waals surface area contributed by atoms with Gasteiger partial charge >= 0.3 is 0 Å². The van der Waals surface area contributed by atoms with Crippen molar-refractivity contribution in [3.05, 3.63) is 52.2 Å². The lowest BCUT2D eigenvalue weighted by molar-refractivity contribution is -0.139. The zero-order chi connectivity index (χ0) is 28.1. The summed E-state index contributed by atoms with van der Waals surface area (Å²) in [5.41, 5.74) is 6.86. The van der Waals surface area contributed by atoms with Gasteiger partial charge in [-0.15, -0.1) is 11.3 Å². The van der Waals surface area contributed by atoms with Crippen LogP contribution in [0, 0.1) is 17.8 Å². The van der Waals surface area contributed by atoms with E-state index in [2.05, 4.69) is 5.32 Å². The monoisotopic (exact) mass is 566 g/mol. The molecule has 0 bridgehead atoms. The van der Waals surface area contributed by atoms with Crippen molar-refractivity contribution in [1.82, 2.24) is 15.1 Å². The Morgan fingerprint density at radius 1 is 1.05 bits per heavy atom. The SMILES string of the molecule is COc1cccc(CN(C(=O)C2CC2)C2CCN(C(=O)c3cccs3)[C@@H](C(=O)NCC3CCC(CN)CC3)C2)c1. The van der Waals surface area contributed by atoms with E-state index in [4.69, 9.17) is 10.5 Å². The predicted molar refractivity (Wildman–Crippen MR) is 156 cm³/mol. The molecular weight excluding hydrogens is 524 g/mol. The van der Waals surface area contributed by atoms with Gasteiger partial charge in [0.05, 0.1) is 12.0 Å². The first-order valence-corrected chi connectivity index (χ1v) is 15.6. The number of benzene rings is 1. The fourth-order valence-corrected chi connectivity index (χ4v) is 6.90. The van der Waals surface area contributed by atoms with E-state index >= 15 is 0 Å². The third-order valence-electron chi connectivity index (χ3n) is 8.87. The number of carbonyl (C=O) groups excluding carboxylic acids is 3. The summed E-state index contributed by atoms with van der Waals surface area (Å²) in [6.07, 6.45) is 7.26. The van der Waals surface area contributed by atoms with Crippen LogP contribution in [0.25, 0.3) is 0 Å². The van der Waals surface area contributed by atoms with Crippen molar-refractivity contribution in [1.29, 1.82) is 0 Å². The summed E-state index contributed by atoms with van der Waals surface area (Å²) in [7, 11) is 1.64. The number of nitrogens with zero attached hydrogens (tertiary/aromatic N) is 2. The highest BCUT2D eigenvalue weighted by molar-refractivity contribution is 7.12. The molecule has 216 valence electrons. The Morgan fingerprint density at radius 2 is 1.82 bits per heavy atom. The van der Waals surface area contributed by atoms with Crippen molar-refractivity contribution in [3.8, 4) is 5.75 Å². The fraction of sp³-hybridized carbons (Fsp3) is 0.581. The Morgan fingerprint density at radius 3 is 2.50 bits per heavy atom. The van der Waals surface area contributed by atoms with Gasteiger partial charge in [0.1, 0.15) is 11.8 Å². The number of nitrogens with two attached hydrogens (primary N) is 1. The zero-order valence-electron chi connectivity index (χ0n) is 23.4. The van der Waals surface area contributed by atoms with E-state index in [0.717, 1.165) is 56.4 Å². The molecule has 0 spiro atoms. The molecule has 2 heterocycles. The van der Waals surface area contributed by atoms with Gasteiger partial charge in [-0.3, -0.25) is 14.4 Å². The molecule has 3 aliphatic rings. The molecule has 3 N–H and O–H groups in total. The van der Waals surface area contributed by atoms with Gasteiger partial charge in [0.15, 0.2) is 0 Å². The van der Waals surface area contributed by atoms with Gasteiger partial charge in [0, 0.05) is 31.6 Å². The molecule has 1 aromatic heterocycles. The van der Waals surface area contributed by atoms with Crippen molar-refractivity contribution >= 4 is 29.1 Å². The van der Waals surface area contributed by atoms with Crippen LogP contribution in [0.1, 0.15) is 66.6 Å². The second-order valence-corrected chi connectivity index (χ2v) is 12.6. The first-order chi connectivity index (χ1) is 19.5. The fourth-order valence-electron chi connectivity index (χ4n) is 6.22. The molecule has 3 amide bonds. The van der Waals surface area contributed by atoms with E-state index in [9.17, 15) is 14.4 Å². The van der Waals surface area contributed by atoms with Crippen LogP contribution in [0.2, 0.25) is 0 Å². The summed E-state index contributed by atoms with van der Waals surface area (Å²) in [4.78, 5) is 45.1. The second-order valence-electron chi connectivity index (χ2n) is 11.6. The Balaban J connectivity index is 1.32. The zero-order valence-corrected chi connectivity index (χ0v) is 24.2. The minimum absolute atomic E-state index is 0.0623. The smallest absolute Gasteiger partial charge is 0.264 e. The van der Waals surface area contributed by atoms with Crippen LogP contribution in [0.5, 0.6) is 5.75 Å². The molecule has 1 unspecified atom stereocenters. The maximum atomic E-state index is 13.7. The summed E-state index contributed by atoms with van der Waals surface area (Å²) in [5, 5.41) is 5.08. The number of rotatable bonds is 10. The highest BCUT2D eigenvalue weighted by atomic mass is 32.1. The van der Waals surface area contributed by atoms with E-state index < -0.39 is 6.04 Å². The molecule has 0 radical (unpaired) electrons. The number of methoxy groups -OCH3 is 1. The van der Waals surface area contributed by atoms with Crippen molar-refractivity contribution in [2.75, 3.05) is 26.7 Å². The molecule has 1 aliphatic heterocycles. The van der Waals surface area contributed by atoms with E-state index in [1.165, 1.54) is 11.3 Å². The lowest BCUT2D eigenvalue weighted by Crippen LogP contribution is -2.58. The van der Waals surface area contributed by atoms with Gasteiger partial charge in [0.25, 0.3) is 5.91 Å². The predicted octanol–water partition coefficient (Wildman–Crippen LogP) is 4.05. The molecule has 8 nitrogen and oxygen atoms in total. The Labute approximate surface area is 241 Å². The van der Waals surface area contributed by atoms with Crippen molar-refractivity contribution in [3.63, 3.8) is 0 Å². The summed E-state index contributed by atoms with van der Waals surface area (Å²) < 4.78 is 5.41. The number of likely N-dealkylation sites (tertiary alicyclic amines) is 1. The molecule has 3 fully saturated rings. The first kappa shape index (κ1) is 28.6. The number of ether oxygens (including phenoxy) is 1. The molecule has 1 saturated heterocycles. The topological polar surface area (TPSA) is 105 Å². The van der Waals surface area contributed by atoms with Crippen molar-refractivity contribution < 1.29 is 19.1 Å². The van der Waals surface area contributed by atoms with Gasteiger partial charge in [0.2, 0.25) is 11.8 Å². The van der Waals surface area contributed by atoms with Crippen LogP contribution in [-0.4, -0.2) is 66.3 Å². The van der Waals surface area contributed by atoms with Crippen molar-refractivity contribution in [2.24, 2.45) is 23.5 Å². The molecular formula is C31H42N4O4S. The highest BCUT2D eigenvalue weighted by Gasteiger charge is 2.42. The quantitative estimate of drug-likeness (QED) is 0.452. The van der Waals surface area contributed by atoms with Crippen molar-refractivity contribution in [2.45, 2.75) is 70.0 Å². The summed E-state index contributed by atoms with van der Waals surface area (Å²) in [6, 6.07) is 10.7. The van der Waals surface area contributed by atoms with Crippen LogP contribution in [0.15, 0.2) is 41.8 Å². The third-order valence-corrected chi connectivity index (χ3v) is 9.73. The number of hydrogen-bond acceptors (Lipinski definition) is 6. The maximum Gasteiger partial charge on any atom is 0.264 e. The van der Waals surface area contributed by atoms with Crippen LogP contribution in [0.3, 0.4) is 0 Å². The number of hydrogen-bond donors (Lipinski definition) is 2. The summed E-state index contributed by atoms with van der Waals surface area (Å²) in [6.45, 7) is 2.25. The lowest BCUT2D eigenvalue weighted by Gasteiger charge is -2.43. The Bertz CT molecular complexity index is 1160. The molecule has 9 heteroatoms. The van der Waals surface area contributed by atoms with E-state index in [-0.39, 0.29) is 29.7 Å². The molecule has 40 heavy (non-hydrogen) atoms. The molecule has 1 aromatic carbocycles. The Kier molecular flexibility index (Phi) is 9.42. The van der Waals surface area contributed by atoms with Crippen LogP contribution < -0.4 is 15.8 Å². The summed E-state index contributed by atoms with van der Waals surface area (Å²) >= 11 is 1.40. The van der Waals surface area contributed by atoms with Gasteiger partial charge in [-0.05, 0) is 98.9 Å². The van der Waals surface area contributed by atoms with Gasteiger partial charge in [-0.25, -0.2) is 0 Å². The average Bonchev–Trinajstić information content (AvgIpc) is 3.71. The number of carbonyl (C=O) groups is 3. The minimum atomic E-state index is -0.617. The minimum Gasteiger partial charge on any atom is -0.497 e. The van der Waals surface area contributed by atoms with Crippen LogP contribution in [0.4, 0.5) is 0 Å². The lowest BCUT2D eigenvalue weighted by atomic mass is 9.82. The number of amides is 3. The first-order valence-electron chi connectivity index (χ1n) is 14.7. The normalized spacial score (nSPS) is 24.8. The second kappa shape index (κ2) is 13.2. The van der Waals surface area contributed by atoms with Crippen LogP contribution in [-0.2, 0) is 16.1 Å². The molecule has 2 aromatic rings. The van der Waals surface area contributed by atoms with E-state index in [1.54, 1.807) is 12.0 Å². The largest absolute Gasteiger partial charge is 0.497 e. The van der Waals surface area contributed by atoms with E-state index in [0.29, 0.717) is 49.2 Å². The third kappa shape index (κ3) is 6.86. The average molecular weight is 567 g/mol. The van der Waals surface area contributed by atoms with Gasteiger partial charge in [-0.1, -0.05) is 18.2 Å². The Hall–Kier alpha value is -2.91. The number of thiophene rings is 1. The van der Waals surface area contributed by atoms with Gasteiger partial charge in [-0.2, -0.15) is 0 Å². The standard InChI is InChI=1S/C31H42N4O4S/c1-39-26-5-2-4-23(16-26)20-35(30(37)24-11-12-24)25-13-14-34(31(38)28-6-3-15-40-28)27(17-25)29(36)33-19-22-9-7-21(18-32)8-10-22/h2-6,15-16,21-22,24-25,27H,7-14,17-20,32H2,1H3,(H,33,36)/t21?,22?,25?,27-/m1/s1. The maximum absolute atomic E-state index is 13.7. The number of nitrogens with one attached hydrogen (secondary N) is 1. The summed E-state index contributed by atoms with van der Waals surface area (Å²) in [5.74, 6) is 1.78. The molecule has 5 rings (SSSR count). The molecule has 2 saturated carbocycles. The highest BCUT2D eigenvalue weighted by Crippen LogP contribution is 2.35. The van der Waals surface area contributed by atoms with E-state index in [1.807, 2.05) is 46.7 Å². The molecule has 2 atom stereocenters. The molecule has 2 aliphatic carbocycles. The van der Waals surface area contributed by atoms with Gasteiger partial charge < -0.3 is 25.6 Å².